The molecule has 0 spiro atoms. The van der Waals surface area contributed by atoms with Crippen molar-refractivity contribution in [2.24, 2.45) is 0 Å². The van der Waals surface area contributed by atoms with E-state index in [0.29, 0.717) is 10.0 Å². The van der Waals surface area contributed by atoms with E-state index in [2.05, 4.69) is 22.3 Å². The maximum Gasteiger partial charge on any atom is 0.223 e. The van der Waals surface area contributed by atoms with E-state index in [0.717, 1.165) is 80.4 Å². The Balaban J connectivity index is 1.61. The van der Waals surface area contributed by atoms with Gasteiger partial charge in [0.25, 0.3) is 0 Å². The van der Waals surface area contributed by atoms with Crippen molar-refractivity contribution in [3.05, 3.63) is 51.8 Å². The number of carbonyl (C=O) groups is 1. The van der Waals surface area contributed by atoms with Crippen molar-refractivity contribution in [1.29, 1.82) is 0 Å². The number of carbonyl (C=O) groups excluding carboxylic acids is 1. The van der Waals surface area contributed by atoms with Gasteiger partial charge in [-0.1, -0.05) is 29.3 Å². The zero-order valence-electron chi connectivity index (χ0n) is 17.5. The first-order valence-electron chi connectivity index (χ1n) is 10.7. The number of imidazole rings is 1. The second kappa shape index (κ2) is 8.43. The predicted molar refractivity (Wildman–Crippen MR) is 125 cm³/mol. The molecule has 5 rings (SSSR count). The average molecular weight is 458 g/mol. The molecule has 0 aliphatic carbocycles. The van der Waals surface area contributed by atoms with Crippen LogP contribution in [0.3, 0.4) is 0 Å². The van der Waals surface area contributed by atoms with Gasteiger partial charge < -0.3 is 10.2 Å². The van der Waals surface area contributed by atoms with Gasteiger partial charge in [-0.25, -0.2) is 4.98 Å². The number of anilines is 1. The Morgan fingerprint density at radius 1 is 1.16 bits per heavy atom. The second-order valence-electron chi connectivity index (χ2n) is 8.25. The van der Waals surface area contributed by atoms with Crippen LogP contribution in [0.5, 0.6) is 0 Å². The quantitative estimate of drug-likeness (QED) is 0.645. The number of halogens is 2. The molecule has 8 heteroatoms. The summed E-state index contributed by atoms with van der Waals surface area (Å²) in [6.07, 6.45) is 3.87. The van der Waals surface area contributed by atoms with Crippen LogP contribution in [-0.4, -0.2) is 52.9 Å². The maximum atomic E-state index is 11.9. The molecule has 6 nitrogen and oxygen atoms in total. The molecule has 1 amide bonds. The van der Waals surface area contributed by atoms with Crippen LogP contribution in [0, 0.1) is 0 Å². The lowest BCUT2D eigenvalue weighted by Crippen LogP contribution is -2.28. The molecule has 0 unspecified atom stereocenters. The highest BCUT2D eigenvalue weighted by molar-refractivity contribution is 6.36. The highest BCUT2D eigenvalue weighted by atomic mass is 35.5. The number of hydrogen-bond acceptors (Lipinski definition) is 4. The van der Waals surface area contributed by atoms with Crippen LogP contribution >= 0.6 is 23.2 Å². The molecule has 0 saturated carbocycles. The molecule has 31 heavy (non-hydrogen) atoms. The molecule has 0 bridgehead atoms. The van der Waals surface area contributed by atoms with Gasteiger partial charge in [0, 0.05) is 50.6 Å². The number of rotatable bonds is 3. The van der Waals surface area contributed by atoms with Gasteiger partial charge in [-0.15, -0.1) is 0 Å². The molecule has 0 radical (unpaired) electrons. The molecule has 1 saturated heterocycles. The third-order valence-corrected chi connectivity index (χ3v) is 6.66. The molecule has 3 aromatic rings. The van der Waals surface area contributed by atoms with Crippen molar-refractivity contribution in [1.82, 2.24) is 19.6 Å². The van der Waals surface area contributed by atoms with Crippen LogP contribution in [-0.2, 0) is 17.8 Å². The van der Waals surface area contributed by atoms with Crippen molar-refractivity contribution in [2.45, 2.75) is 26.3 Å². The molecular weight excluding hydrogens is 433 g/mol. The Morgan fingerprint density at radius 2 is 2.03 bits per heavy atom. The fraction of sp³-hybridized carbons (Fsp3) is 0.391. The number of pyridine rings is 1. The summed E-state index contributed by atoms with van der Waals surface area (Å²) in [7, 11) is 0. The molecule has 0 atom stereocenters. The van der Waals surface area contributed by atoms with Crippen molar-refractivity contribution in [2.75, 3.05) is 37.6 Å². The van der Waals surface area contributed by atoms with Crippen molar-refractivity contribution < 1.29 is 4.79 Å². The van der Waals surface area contributed by atoms with E-state index in [-0.39, 0.29) is 5.91 Å². The zero-order valence-corrected chi connectivity index (χ0v) is 19.0. The number of aromatic nitrogens is 2. The SMILES string of the molecule is CC(=O)N1CCc2cc(-c3nc4c(Cl)cc(Cl)cn4c3CN3CCCNCC3)ccc21. The molecule has 162 valence electrons. The predicted octanol–water partition coefficient (Wildman–Crippen LogP) is 4.01. The fourth-order valence-electron chi connectivity index (χ4n) is 4.65. The number of nitrogens with zero attached hydrogens (tertiary/aromatic N) is 4. The van der Waals surface area contributed by atoms with Crippen LogP contribution in [0.15, 0.2) is 30.5 Å². The Hall–Kier alpha value is -2.12. The van der Waals surface area contributed by atoms with Gasteiger partial charge in [-0.05, 0) is 49.7 Å². The minimum Gasteiger partial charge on any atom is -0.315 e. The second-order valence-corrected chi connectivity index (χ2v) is 9.09. The van der Waals surface area contributed by atoms with Gasteiger partial charge >= 0.3 is 0 Å². The van der Waals surface area contributed by atoms with Crippen molar-refractivity contribution in [3.8, 4) is 11.3 Å². The molecule has 1 fully saturated rings. The van der Waals surface area contributed by atoms with Gasteiger partial charge in [-0.2, -0.15) is 0 Å². The maximum absolute atomic E-state index is 11.9. The molecule has 2 aliphatic rings. The van der Waals surface area contributed by atoms with Gasteiger partial charge in [-0.3, -0.25) is 14.1 Å². The van der Waals surface area contributed by atoms with E-state index >= 15 is 0 Å². The number of hydrogen-bond donors (Lipinski definition) is 1. The largest absolute Gasteiger partial charge is 0.315 e. The van der Waals surface area contributed by atoms with Crippen LogP contribution in [0.2, 0.25) is 10.0 Å². The van der Waals surface area contributed by atoms with E-state index in [1.54, 1.807) is 13.0 Å². The number of fused-ring (bicyclic) bond motifs is 2. The standard InChI is InChI=1S/C23H25Cl2N5O/c1-15(31)29-9-5-16-11-17(3-4-20(16)29)22-21(14-28-8-2-6-26-7-10-28)30-13-18(24)12-19(25)23(30)27-22/h3-4,11-13,26H,2,5-10,14H2,1H3. The number of amides is 1. The first-order valence-corrected chi connectivity index (χ1v) is 11.5. The number of benzene rings is 1. The van der Waals surface area contributed by atoms with Crippen LogP contribution in [0.1, 0.15) is 24.6 Å². The molecular formula is C23H25Cl2N5O. The molecule has 2 aromatic heterocycles. The molecule has 2 aliphatic heterocycles. The normalized spacial score (nSPS) is 17.2. The fourth-order valence-corrected chi connectivity index (χ4v) is 5.16. The lowest BCUT2D eigenvalue weighted by Gasteiger charge is -2.20. The van der Waals surface area contributed by atoms with Gasteiger partial charge in [0.2, 0.25) is 5.91 Å². The third-order valence-electron chi connectivity index (χ3n) is 6.18. The summed E-state index contributed by atoms with van der Waals surface area (Å²) < 4.78 is 2.04. The topological polar surface area (TPSA) is 52.9 Å². The Labute approximate surface area is 191 Å². The summed E-state index contributed by atoms with van der Waals surface area (Å²) in [5.74, 6) is 0.0797. The summed E-state index contributed by atoms with van der Waals surface area (Å²) >= 11 is 12.9. The van der Waals surface area contributed by atoms with E-state index < -0.39 is 0 Å². The Bertz CT molecular complexity index is 1150. The highest BCUT2D eigenvalue weighted by Gasteiger charge is 2.25. The third kappa shape index (κ3) is 3.94. The van der Waals surface area contributed by atoms with Crippen LogP contribution in [0.25, 0.3) is 16.9 Å². The van der Waals surface area contributed by atoms with Crippen LogP contribution in [0.4, 0.5) is 5.69 Å². The average Bonchev–Trinajstić information content (AvgIpc) is 3.21. The monoisotopic (exact) mass is 457 g/mol. The molecule has 1 N–H and O–H groups in total. The number of nitrogens with one attached hydrogen (secondary N) is 1. The summed E-state index contributed by atoms with van der Waals surface area (Å²) in [4.78, 5) is 21.2. The van der Waals surface area contributed by atoms with E-state index in [1.807, 2.05) is 21.6 Å². The summed E-state index contributed by atoms with van der Waals surface area (Å²) in [6.45, 7) is 7.16. The smallest absolute Gasteiger partial charge is 0.223 e. The molecule has 4 heterocycles. The molecule has 1 aromatic carbocycles. The van der Waals surface area contributed by atoms with E-state index in [1.165, 1.54) is 5.56 Å². The van der Waals surface area contributed by atoms with E-state index in [9.17, 15) is 4.79 Å². The minimum absolute atomic E-state index is 0.0797. The summed E-state index contributed by atoms with van der Waals surface area (Å²) in [5.41, 5.74) is 5.95. The van der Waals surface area contributed by atoms with Gasteiger partial charge in [0.15, 0.2) is 5.65 Å². The summed E-state index contributed by atoms with van der Waals surface area (Å²) in [5, 5.41) is 4.59. The van der Waals surface area contributed by atoms with E-state index in [4.69, 9.17) is 28.2 Å². The van der Waals surface area contributed by atoms with Crippen molar-refractivity contribution >= 4 is 40.4 Å². The zero-order chi connectivity index (χ0) is 21.5. The lowest BCUT2D eigenvalue weighted by atomic mass is 10.0. The van der Waals surface area contributed by atoms with Gasteiger partial charge in [0.05, 0.1) is 21.4 Å². The summed E-state index contributed by atoms with van der Waals surface area (Å²) in [6, 6.07) is 8.01. The van der Waals surface area contributed by atoms with Crippen LogP contribution < -0.4 is 10.2 Å². The lowest BCUT2D eigenvalue weighted by molar-refractivity contribution is -0.116. The van der Waals surface area contributed by atoms with Crippen molar-refractivity contribution in [3.63, 3.8) is 0 Å². The van der Waals surface area contributed by atoms with Gasteiger partial charge in [0.1, 0.15) is 0 Å². The minimum atomic E-state index is 0.0797. The Kier molecular flexibility index (Phi) is 5.65. The first-order chi connectivity index (χ1) is 15.0. The Morgan fingerprint density at radius 3 is 2.87 bits per heavy atom. The first kappa shape index (κ1) is 20.8. The highest BCUT2D eigenvalue weighted by Crippen LogP contribution is 2.35.